The highest BCUT2D eigenvalue weighted by atomic mass is 32.1. The van der Waals surface area contributed by atoms with E-state index in [1.807, 2.05) is 13.0 Å². The van der Waals surface area contributed by atoms with Gasteiger partial charge in [-0.15, -0.1) is 5.10 Å². The summed E-state index contributed by atoms with van der Waals surface area (Å²) >= 11 is 1.40. The molecule has 2 aromatic rings. The Labute approximate surface area is 123 Å². The van der Waals surface area contributed by atoms with Gasteiger partial charge in [0.15, 0.2) is 0 Å². The van der Waals surface area contributed by atoms with Crippen LogP contribution < -0.4 is 5.32 Å². The number of benzene rings is 1. The van der Waals surface area contributed by atoms with E-state index < -0.39 is 0 Å². The smallest absolute Gasteiger partial charge is 0.123 e. The second-order valence-electron chi connectivity index (χ2n) is 4.83. The predicted molar refractivity (Wildman–Crippen MR) is 80.6 cm³/mol. The van der Waals surface area contributed by atoms with Crippen molar-refractivity contribution in [2.45, 2.75) is 39.7 Å². The van der Waals surface area contributed by atoms with E-state index in [1.165, 1.54) is 17.6 Å². The average molecular weight is 293 g/mol. The zero-order valence-electron chi connectivity index (χ0n) is 12.1. The molecule has 0 fully saturated rings. The Hall–Kier alpha value is -1.33. The first-order valence-corrected chi connectivity index (χ1v) is 7.75. The maximum absolute atomic E-state index is 13.6. The van der Waals surface area contributed by atoms with Crippen molar-refractivity contribution in [1.82, 2.24) is 14.9 Å². The van der Waals surface area contributed by atoms with E-state index in [1.54, 1.807) is 6.07 Å². The van der Waals surface area contributed by atoms with Gasteiger partial charge in [0, 0.05) is 0 Å². The summed E-state index contributed by atoms with van der Waals surface area (Å²) in [6.07, 6.45) is 1.86. The summed E-state index contributed by atoms with van der Waals surface area (Å²) in [6, 6.07) is 4.91. The number of hydrogen-bond acceptors (Lipinski definition) is 4. The van der Waals surface area contributed by atoms with Gasteiger partial charge in [-0.2, -0.15) is 0 Å². The molecule has 0 saturated heterocycles. The molecule has 0 aliphatic carbocycles. The van der Waals surface area contributed by atoms with Crippen LogP contribution in [0.2, 0.25) is 0 Å². The van der Waals surface area contributed by atoms with Gasteiger partial charge in [0.25, 0.3) is 0 Å². The van der Waals surface area contributed by atoms with Gasteiger partial charge in [-0.25, -0.2) is 4.39 Å². The van der Waals surface area contributed by atoms with E-state index in [9.17, 15) is 4.39 Å². The Bertz CT molecular complexity index is 568. The number of hydrogen-bond donors (Lipinski definition) is 1. The molecule has 1 unspecified atom stereocenters. The molecule has 0 aliphatic rings. The molecule has 108 valence electrons. The minimum Gasteiger partial charge on any atom is -0.305 e. The van der Waals surface area contributed by atoms with E-state index in [-0.39, 0.29) is 11.9 Å². The van der Waals surface area contributed by atoms with Gasteiger partial charge in [-0.05, 0) is 61.1 Å². The van der Waals surface area contributed by atoms with Crippen LogP contribution in [0.5, 0.6) is 0 Å². The molecule has 1 heterocycles. The zero-order chi connectivity index (χ0) is 14.5. The van der Waals surface area contributed by atoms with Crippen LogP contribution in [-0.2, 0) is 6.42 Å². The molecular formula is C15H20FN3S. The zero-order valence-corrected chi connectivity index (χ0v) is 12.9. The van der Waals surface area contributed by atoms with Crippen LogP contribution in [0.25, 0.3) is 0 Å². The highest BCUT2D eigenvalue weighted by molar-refractivity contribution is 7.05. The number of rotatable bonds is 6. The van der Waals surface area contributed by atoms with Gasteiger partial charge in [0.1, 0.15) is 5.82 Å². The number of aryl methyl sites for hydroxylation is 2. The van der Waals surface area contributed by atoms with E-state index >= 15 is 0 Å². The van der Waals surface area contributed by atoms with E-state index in [0.717, 1.165) is 41.1 Å². The third-order valence-electron chi connectivity index (χ3n) is 3.33. The molecule has 0 saturated carbocycles. The second-order valence-corrected chi connectivity index (χ2v) is 5.61. The molecule has 1 aromatic carbocycles. The van der Waals surface area contributed by atoms with Gasteiger partial charge in [-0.3, -0.25) is 0 Å². The first-order chi connectivity index (χ1) is 9.67. The van der Waals surface area contributed by atoms with Crippen LogP contribution in [0.3, 0.4) is 0 Å². The number of nitrogens with zero attached hydrogens (tertiary/aromatic N) is 2. The van der Waals surface area contributed by atoms with Crippen molar-refractivity contribution < 1.29 is 4.39 Å². The van der Waals surface area contributed by atoms with Crippen molar-refractivity contribution >= 4 is 11.5 Å². The number of aromatic nitrogens is 2. The molecule has 0 amide bonds. The first kappa shape index (κ1) is 15.1. The third-order valence-corrected chi connectivity index (χ3v) is 4.16. The molecule has 0 spiro atoms. The summed E-state index contributed by atoms with van der Waals surface area (Å²) in [6.45, 7) is 7.07. The maximum atomic E-state index is 13.6. The molecule has 0 radical (unpaired) electrons. The quantitative estimate of drug-likeness (QED) is 0.883. The summed E-state index contributed by atoms with van der Waals surface area (Å²) in [5, 5.41) is 7.67. The molecule has 3 nitrogen and oxygen atoms in total. The summed E-state index contributed by atoms with van der Waals surface area (Å²) in [4.78, 5) is 1.09. The molecular weight excluding hydrogens is 273 g/mol. The first-order valence-electron chi connectivity index (χ1n) is 6.97. The van der Waals surface area contributed by atoms with Gasteiger partial charge in [-0.1, -0.05) is 24.4 Å². The normalized spacial score (nSPS) is 12.6. The van der Waals surface area contributed by atoms with Crippen molar-refractivity contribution in [2.75, 3.05) is 6.54 Å². The van der Waals surface area contributed by atoms with Gasteiger partial charge < -0.3 is 5.32 Å². The summed E-state index contributed by atoms with van der Waals surface area (Å²) < 4.78 is 17.7. The van der Waals surface area contributed by atoms with Crippen LogP contribution in [-0.4, -0.2) is 16.1 Å². The summed E-state index contributed by atoms with van der Waals surface area (Å²) in [7, 11) is 0. The average Bonchev–Trinajstić information content (AvgIpc) is 2.91. The van der Waals surface area contributed by atoms with Crippen molar-refractivity contribution in [1.29, 1.82) is 0 Å². The molecule has 1 atom stereocenters. The van der Waals surface area contributed by atoms with E-state index in [0.29, 0.717) is 0 Å². The Balaban J connectivity index is 2.44. The fourth-order valence-corrected chi connectivity index (χ4v) is 3.07. The topological polar surface area (TPSA) is 37.8 Å². The van der Waals surface area contributed by atoms with Gasteiger partial charge in [0.2, 0.25) is 0 Å². The largest absolute Gasteiger partial charge is 0.305 e. The molecule has 20 heavy (non-hydrogen) atoms. The van der Waals surface area contributed by atoms with Crippen LogP contribution in [0.15, 0.2) is 18.2 Å². The molecule has 1 N–H and O–H groups in total. The van der Waals surface area contributed by atoms with E-state index in [2.05, 4.69) is 28.8 Å². The van der Waals surface area contributed by atoms with Crippen molar-refractivity contribution in [3.63, 3.8) is 0 Å². The summed E-state index contributed by atoms with van der Waals surface area (Å²) in [5.74, 6) is -0.204. The minimum absolute atomic E-state index is 0.0272. The van der Waals surface area contributed by atoms with Gasteiger partial charge in [0.05, 0.1) is 16.6 Å². The molecule has 5 heteroatoms. The molecule has 0 bridgehead atoms. The Morgan fingerprint density at radius 3 is 2.85 bits per heavy atom. The van der Waals surface area contributed by atoms with Crippen molar-refractivity contribution in [3.05, 3.63) is 45.7 Å². The van der Waals surface area contributed by atoms with Crippen LogP contribution in [0.4, 0.5) is 4.39 Å². The lowest BCUT2D eigenvalue weighted by molar-refractivity contribution is 0.585. The van der Waals surface area contributed by atoms with E-state index in [4.69, 9.17) is 0 Å². The van der Waals surface area contributed by atoms with Crippen molar-refractivity contribution in [2.24, 2.45) is 0 Å². The monoisotopic (exact) mass is 293 g/mol. The maximum Gasteiger partial charge on any atom is 0.123 e. The third kappa shape index (κ3) is 3.22. The van der Waals surface area contributed by atoms with Crippen LogP contribution in [0.1, 0.15) is 48.0 Å². The second kappa shape index (κ2) is 6.90. The SMILES string of the molecule is CCCNC(c1cc(F)ccc1C)c1snnc1CC. The lowest BCUT2D eigenvalue weighted by Gasteiger charge is -2.20. The Morgan fingerprint density at radius 2 is 2.15 bits per heavy atom. The lowest BCUT2D eigenvalue weighted by atomic mass is 9.98. The Morgan fingerprint density at radius 1 is 1.35 bits per heavy atom. The molecule has 2 rings (SSSR count). The number of nitrogens with one attached hydrogen (secondary N) is 1. The molecule has 0 aliphatic heterocycles. The minimum atomic E-state index is -0.204. The molecule has 1 aromatic heterocycles. The standard InChI is InChI=1S/C15H20FN3S/c1-4-8-17-14(15-13(5-2)18-19-20-15)12-9-11(16)7-6-10(12)3/h6-7,9,14,17H,4-5,8H2,1-3H3. The lowest BCUT2D eigenvalue weighted by Crippen LogP contribution is -2.24. The fourth-order valence-electron chi connectivity index (χ4n) is 2.23. The highest BCUT2D eigenvalue weighted by Crippen LogP contribution is 2.30. The van der Waals surface area contributed by atoms with Crippen LogP contribution >= 0.6 is 11.5 Å². The van der Waals surface area contributed by atoms with Gasteiger partial charge >= 0.3 is 0 Å². The predicted octanol–water partition coefficient (Wildman–Crippen LogP) is 3.64. The van der Waals surface area contributed by atoms with Crippen molar-refractivity contribution in [3.8, 4) is 0 Å². The highest BCUT2D eigenvalue weighted by Gasteiger charge is 2.21. The Kier molecular flexibility index (Phi) is 5.20. The number of halogens is 1. The fraction of sp³-hybridized carbons (Fsp3) is 0.467. The summed E-state index contributed by atoms with van der Waals surface area (Å²) in [5.41, 5.74) is 3.04. The van der Waals surface area contributed by atoms with Crippen LogP contribution in [0, 0.1) is 12.7 Å².